The molecule has 124 valence electrons. The van der Waals surface area contributed by atoms with Gasteiger partial charge in [-0.05, 0) is 32.4 Å². The number of aromatic nitrogens is 2. The van der Waals surface area contributed by atoms with Gasteiger partial charge in [0, 0.05) is 38.2 Å². The van der Waals surface area contributed by atoms with Crippen LogP contribution in [-0.2, 0) is 11.2 Å². The molecule has 0 aliphatic rings. The maximum absolute atomic E-state index is 11.9. The van der Waals surface area contributed by atoms with E-state index in [1.807, 2.05) is 12.1 Å². The number of rotatable bonds is 8. The number of likely N-dealkylation sites (N-methyl/N-ethyl adjacent to an activating group) is 1. The number of nitrogens with zero attached hydrogens (tertiary/aromatic N) is 3. The molecule has 0 saturated carbocycles. The first-order valence-corrected chi connectivity index (χ1v) is 7.96. The van der Waals surface area contributed by atoms with E-state index in [1.54, 1.807) is 6.92 Å². The summed E-state index contributed by atoms with van der Waals surface area (Å²) >= 11 is 0. The Morgan fingerprint density at radius 1 is 1.30 bits per heavy atom. The molecule has 6 heteroatoms. The Balaban J connectivity index is 1.74. The van der Waals surface area contributed by atoms with Crippen molar-refractivity contribution in [1.29, 1.82) is 0 Å². The van der Waals surface area contributed by atoms with Crippen LogP contribution in [0.15, 0.2) is 28.8 Å². The first kappa shape index (κ1) is 17.0. The number of anilines is 1. The van der Waals surface area contributed by atoms with E-state index in [-0.39, 0.29) is 5.91 Å². The van der Waals surface area contributed by atoms with Gasteiger partial charge in [0.15, 0.2) is 5.82 Å². The number of benzene rings is 1. The molecule has 0 unspecified atom stereocenters. The van der Waals surface area contributed by atoms with Gasteiger partial charge >= 0.3 is 0 Å². The van der Waals surface area contributed by atoms with Gasteiger partial charge in [0.1, 0.15) is 0 Å². The van der Waals surface area contributed by atoms with Gasteiger partial charge in [0.25, 0.3) is 0 Å². The standard InChI is InChI=1S/C17H24N4O2/c1-4-21(15-8-6-5-7-13(15)2)12-11-18-16(22)9-10-17-19-14(3)20-23-17/h5-8H,4,9-12H2,1-3H3,(H,18,22). The highest BCUT2D eigenvalue weighted by molar-refractivity contribution is 5.76. The van der Waals surface area contributed by atoms with Crippen LogP contribution in [0, 0.1) is 13.8 Å². The zero-order valence-electron chi connectivity index (χ0n) is 14.0. The van der Waals surface area contributed by atoms with Crippen molar-refractivity contribution in [1.82, 2.24) is 15.5 Å². The average molecular weight is 316 g/mol. The summed E-state index contributed by atoms with van der Waals surface area (Å²) in [5.41, 5.74) is 2.46. The zero-order valence-corrected chi connectivity index (χ0v) is 14.0. The van der Waals surface area contributed by atoms with Crippen molar-refractivity contribution in [3.05, 3.63) is 41.5 Å². The third-order valence-corrected chi connectivity index (χ3v) is 3.68. The maximum atomic E-state index is 11.9. The second-order valence-electron chi connectivity index (χ2n) is 5.45. The minimum absolute atomic E-state index is 0.00156. The third-order valence-electron chi connectivity index (χ3n) is 3.68. The third kappa shape index (κ3) is 5.09. The number of hydrogen-bond donors (Lipinski definition) is 1. The molecule has 6 nitrogen and oxygen atoms in total. The highest BCUT2D eigenvalue weighted by atomic mass is 16.5. The van der Waals surface area contributed by atoms with Crippen LogP contribution in [-0.4, -0.2) is 35.7 Å². The summed E-state index contributed by atoms with van der Waals surface area (Å²) < 4.78 is 5.00. The number of carbonyl (C=O) groups excluding carboxylic acids is 1. The number of amides is 1. The SMILES string of the molecule is CCN(CCNC(=O)CCc1nc(C)no1)c1ccccc1C. The molecule has 0 aliphatic carbocycles. The lowest BCUT2D eigenvalue weighted by Crippen LogP contribution is -2.35. The van der Waals surface area contributed by atoms with Crippen molar-refractivity contribution in [3.63, 3.8) is 0 Å². The van der Waals surface area contributed by atoms with Gasteiger partial charge < -0.3 is 14.7 Å². The van der Waals surface area contributed by atoms with Gasteiger partial charge in [0.2, 0.25) is 11.8 Å². The van der Waals surface area contributed by atoms with Crippen LogP contribution in [0.1, 0.15) is 30.6 Å². The zero-order chi connectivity index (χ0) is 16.7. The predicted molar refractivity (Wildman–Crippen MR) is 89.4 cm³/mol. The average Bonchev–Trinajstić information content (AvgIpc) is 2.96. The minimum Gasteiger partial charge on any atom is -0.370 e. The molecular formula is C17H24N4O2. The molecular weight excluding hydrogens is 292 g/mol. The second kappa shape index (κ2) is 8.31. The lowest BCUT2D eigenvalue weighted by Gasteiger charge is -2.25. The second-order valence-corrected chi connectivity index (χ2v) is 5.45. The van der Waals surface area contributed by atoms with E-state index in [2.05, 4.69) is 46.3 Å². The van der Waals surface area contributed by atoms with Gasteiger partial charge in [-0.25, -0.2) is 0 Å². The Bertz CT molecular complexity index is 639. The number of aryl methyl sites for hydroxylation is 3. The Labute approximate surface area is 136 Å². The topological polar surface area (TPSA) is 71.3 Å². The van der Waals surface area contributed by atoms with Gasteiger partial charge in [0.05, 0.1) is 0 Å². The van der Waals surface area contributed by atoms with Crippen LogP contribution in [0.2, 0.25) is 0 Å². The van der Waals surface area contributed by atoms with Crippen molar-refractivity contribution >= 4 is 11.6 Å². The highest BCUT2D eigenvalue weighted by Crippen LogP contribution is 2.18. The van der Waals surface area contributed by atoms with Crippen LogP contribution in [0.5, 0.6) is 0 Å². The maximum Gasteiger partial charge on any atom is 0.227 e. The van der Waals surface area contributed by atoms with Crippen molar-refractivity contribution in [3.8, 4) is 0 Å². The molecule has 1 heterocycles. The molecule has 0 bridgehead atoms. The molecule has 1 aromatic carbocycles. The number of nitrogens with one attached hydrogen (secondary N) is 1. The molecule has 0 radical (unpaired) electrons. The summed E-state index contributed by atoms with van der Waals surface area (Å²) in [6.45, 7) is 8.28. The largest absolute Gasteiger partial charge is 0.370 e. The van der Waals surface area contributed by atoms with Crippen LogP contribution < -0.4 is 10.2 Å². The van der Waals surface area contributed by atoms with E-state index < -0.39 is 0 Å². The van der Waals surface area contributed by atoms with Crippen molar-refractivity contribution in [2.24, 2.45) is 0 Å². The predicted octanol–water partition coefficient (Wildman–Crippen LogP) is 2.26. The molecule has 0 atom stereocenters. The molecule has 23 heavy (non-hydrogen) atoms. The molecule has 1 amide bonds. The van der Waals surface area contributed by atoms with E-state index >= 15 is 0 Å². The van der Waals surface area contributed by atoms with Crippen molar-refractivity contribution < 1.29 is 9.32 Å². The molecule has 0 aliphatic heterocycles. The van der Waals surface area contributed by atoms with E-state index in [0.717, 1.165) is 13.1 Å². The summed E-state index contributed by atoms with van der Waals surface area (Å²) in [6, 6.07) is 8.28. The fourth-order valence-electron chi connectivity index (χ4n) is 2.45. The van der Waals surface area contributed by atoms with Crippen LogP contribution in [0.4, 0.5) is 5.69 Å². The number of carbonyl (C=O) groups is 1. The first-order valence-electron chi connectivity index (χ1n) is 7.96. The summed E-state index contributed by atoms with van der Waals surface area (Å²) in [5, 5.41) is 6.65. The summed E-state index contributed by atoms with van der Waals surface area (Å²) in [4.78, 5) is 18.2. The normalized spacial score (nSPS) is 10.6. The smallest absolute Gasteiger partial charge is 0.227 e. The van der Waals surface area contributed by atoms with Crippen molar-refractivity contribution in [2.75, 3.05) is 24.5 Å². The fourth-order valence-corrected chi connectivity index (χ4v) is 2.45. The lowest BCUT2D eigenvalue weighted by molar-refractivity contribution is -0.121. The van der Waals surface area contributed by atoms with Gasteiger partial charge in [-0.2, -0.15) is 4.98 Å². The Morgan fingerprint density at radius 3 is 2.74 bits per heavy atom. The van der Waals surface area contributed by atoms with E-state index in [1.165, 1.54) is 11.3 Å². The molecule has 1 aromatic heterocycles. The fraction of sp³-hybridized carbons (Fsp3) is 0.471. The van der Waals surface area contributed by atoms with Crippen LogP contribution in [0.25, 0.3) is 0 Å². The Morgan fingerprint density at radius 2 is 2.09 bits per heavy atom. The van der Waals surface area contributed by atoms with Crippen LogP contribution in [0.3, 0.4) is 0 Å². The summed E-state index contributed by atoms with van der Waals surface area (Å²) in [6.07, 6.45) is 0.833. The molecule has 0 fully saturated rings. The molecule has 1 N–H and O–H groups in total. The minimum atomic E-state index is 0.00156. The number of hydrogen-bond acceptors (Lipinski definition) is 5. The highest BCUT2D eigenvalue weighted by Gasteiger charge is 2.09. The van der Waals surface area contributed by atoms with E-state index in [4.69, 9.17) is 4.52 Å². The van der Waals surface area contributed by atoms with Gasteiger partial charge in [-0.1, -0.05) is 23.4 Å². The van der Waals surface area contributed by atoms with Crippen LogP contribution >= 0.6 is 0 Å². The first-order chi connectivity index (χ1) is 11.1. The quantitative estimate of drug-likeness (QED) is 0.809. The van der Waals surface area contributed by atoms with Gasteiger partial charge in [-0.3, -0.25) is 4.79 Å². The summed E-state index contributed by atoms with van der Waals surface area (Å²) in [7, 11) is 0. The molecule has 0 saturated heterocycles. The Hall–Kier alpha value is -2.37. The molecule has 2 aromatic rings. The number of para-hydroxylation sites is 1. The lowest BCUT2D eigenvalue weighted by atomic mass is 10.2. The monoisotopic (exact) mass is 316 g/mol. The van der Waals surface area contributed by atoms with E-state index in [0.29, 0.717) is 31.1 Å². The van der Waals surface area contributed by atoms with Gasteiger partial charge in [-0.15, -0.1) is 0 Å². The Kier molecular flexibility index (Phi) is 6.14. The summed E-state index contributed by atoms with van der Waals surface area (Å²) in [5.74, 6) is 1.10. The van der Waals surface area contributed by atoms with Crippen molar-refractivity contribution in [2.45, 2.75) is 33.6 Å². The van der Waals surface area contributed by atoms with E-state index in [9.17, 15) is 4.79 Å². The molecule has 2 rings (SSSR count). The molecule has 0 spiro atoms.